The van der Waals surface area contributed by atoms with Gasteiger partial charge in [-0.25, -0.2) is 13.6 Å². The molecule has 2 aromatic heterocycles. The van der Waals surface area contributed by atoms with E-state index in [1.807, 2.05) is 54.8 Å². The molecule has 9 heteroatoms. The van der Waals surface area contributed by atoms with Crippen LogP contribution >= 0.6 is 11.3 Å². The summed E-state index contributed by atoms with van der Waals surface area (Å²) in [5.74, 6) is -0.166. The molecule has 0 radical (unpaired) electrons. The zero-order valence-corrected chi connectivity index (χ0v) is 19.9. The van der Waals surface area contributed by atoms with E-state index in [9.17, 15) is 13.2 Å². The zero-order chi connectivity index (χ0) is 23.6. The van der Waals surface area contributed by atoms with Crippen LogP contribution in [0.1, 0.15) is 34.5 Å². The Kier molecular flexibility index (Phi) is 6.46. The van der Waals surface area contributed by atoms with E-state index in [0.717, 1.165) is 16.0 Å². The summed E-state index contributed by atoms with van der Waals surface area (Å²) in [4.78, 5) is 16.1. The number of sulfonamides is 1. The molecule has 1 atom stereocenters. The zero-order valence-electron chi connectivity index (χ0n) is 18.3. The van der Waals surface area contributed by atoms with Gasteiger partial charge in [-0.2, -0.15) is 5.10 Å². The first-order valence-electron chi connectivity index (χ1n) is 10.3. The van der Waals surface area contributed by atoms with Crippen LogP contribution in [0.4, 0.5) is 0 Å². The lowest BCUT2D eigenvalue weighted by Gasteiger charge is -2.25. The lowest BCUT2D eigenvalue weighted by molar-refractivity contribution is 0.0743. The SMILES string of the molecule is C[C@@H](c1ccc(S(N)(=O)=O)cc1)N(C)C(=O)c1cn(Cc2ccccc2)nc1-c1cccs1. The Bertz CT molecular complexity index is 1350. The lowest BCUT2D eigenvalue weighted by atomic mass is 10.1. The Labute approximate surface area is 197 Å². The van der Waals surface area contributed by atoms with E-state index in [0.29, 0.717) is 17.8 Å². The minimum absolute atomic E-state index is 0.0367. The first-order valence-corrected chi connectivity index (χ1v) is 12.7. The number of benzene rings is 2. The monoisotopic (exact) mass is 480 g/mol. The Hall–Kier alpha value is -3.27. The van der Waals surface area contributed by atoms with Crippen LogP contribution in [0.15, 0.2) is 83.2 Å². The fourth-order valence-corrected chi connectivity index (χ4v) is 4.79. The lowest BCUT2D eigenvalue weighted by Crippen LogP contribution is -2.29. The maximum atomic E-state index is 13.5. The molecule has 0 saturated carbocycles. The van der Waals surface area contributed by atoms with Gasteiger partial charge in [0, 0.05) is 13.2 Å². The highest BCUT2D eigenvalue weighted by Gasteiger charge is 2.25. The van der Waals surface area contributed by atoms with Gasteiger partial charge < -0.3 is 4.90 Å². The molecule has 1 amide bonds. The van der Waals surface area contributed by atoms with E-state index in [-0.39, 0.29) is 16.8 Å². The first kappa shape index (κ1) is 22.9. The van der Waals surface area contributed by atoms with Gasteiger partial charge in [0.2, 0.25) is 10.0 Å². The predicted molar refractivity (Wildman–Crippen MR) is 129 cm³/mol. The average Bonchev–Trinajstić information content (AvgIpc) is 3.48. The Morgan fingerprint density at radius 2 is 1.79 bits per heavy atom. The van der Waals surface area contributed by atoms with Gasteiger partial charge >= 0.3 is 0 Å². The summed E-state index contributed by atoms with van der Waals surface area (Å²) in [5.41, 5.74) is 3.06. The third-order valence-corrected chi connectivity index (χ3v) is 7.33. The highest BCUT2D eigenvalue weighted by molar-refractivity contribution is 7.89. The first-order chi connectivity index (χ1) is 15.7. The summed E-state index contributed by atoms with van der Waals surface area (Å²) in [6.45, 7) is 2.45. The van der Waals surface area contributed by atoms with Gasteiger partial charge in [0.05, 0.1) is 27.9 Å². The van der Waals surface area contributed by atoms with Crippen LogP contribution in [0.3, 0.4) is 0 Å². The normalized spacial score (nSPS) is 12.5. The maximum Gasteiger partial charge on any atom is 0.257 e. The van der Waals surface area contributed by atoms with Gasteiger partial charge in [-0.15, -0.1) is 11.3 Å². The van der Waals surface area contributed by atoms with Crippen molar-refractivity contribution < 1.29 is 13.2 Å². The van der Waals surface area contributed by atoms with Gasteiger partial charge in [-0.1, -0.05) is 48.5 Å². The van der Waals surface area contributed by atoms with Crippen molar-refractivity contribution in [3.05, 3.63) is 95.0 Å². The largest absolute Gasteiger partial charge is 0.335 e. The van der Waals surface area contributed by atoms with Crippen molar-refractivity contribution in [2.75, 3.05) is 7.05 Å². The topological polar surface area (TPSA) is 98.3 Å². The van der Waals surface area contributed by atoms with Crippen LogP contribution < -0.4 is 5.14 Å². The van der Waals surface area contributed by atoms with E-state index in [1.54, 1.807) is 35.0 Å². The number of amides is 1. The van der Waals surface area contributed by atoms with Crippen molar-refractivity contribution in [1.82, 2.24) is 14.7 Å². The summed E-state index contributed by atoms with van der Waals surface area (Å²) in [5, 5.41) is 11.9. The molecule has 2 N–H and O–H groups in total. The maximum absolute atomic E-state index is 13.5. The van der Waals surface area contributed by atoms with Crippen molar-refractivity contribution in [2.24, 2.45) is 5.14 Å². The molecule has 0 saturated heterocycles. The summed E-state index contributed by atoms with van der Waals surface area (Å²) in [7, 11) is -2.04. The van der Waals surface area contributed by atoms with E-state index in [2.05, 4.69) is 0 Å². The summed E-state index contributed by atoms with van der Waals surface area (Å²) < 4.78 is 24.8. The van der Waals surface area contributed by atoms with Crippen molar-refractivity contribution >= 4 is 27.3 Å². The van der Waals surface area contributed by atoms with Gasteiger partial charge in [-0.3, -0.25) is 9.48 Å². The van der Waals surface area contributed by atoms with Crippen LogP contribution in [0.2, 0.25) is 0 Å². The van der Waals surface area contributed by atoms with Gasteiger partial charge in [0.15, 0.2) is 0 Å². The third kappa shape index (κ3) is 5.05. The second-order valence-electron chi connectivity index (χ2n) is 7.76. The molecule has 4 rings (SSSR count). The molecule has 33 heavy (non-hydrogen) atoms. The average molecular weight is 481 g/mol. The molecule has 0 bridgehead atoms. The molecule has 0 spiro atoms. The van der Waals surface area contributed by atoms with Crippen LogP contribution in [-0.2, 0) is 16.6 Å². The standard InChI is InChI=1S/C24H24N4O3S2/c1-17(19-10-12-20(13-11-19)33(25,30)31)27(2)24(29)21-16-28(15-18-7-4-3-5-8-18)26-23(21)22-9-6-14-32-22/h3-14,16-17H,15H2,1-2H3,(H2,25,30,31)/t17-/m0/s1. The number of aromatic nitrogens is 2. The summed E-state index contributed by atoms with van der Waals surface area (Å²) in [6.07, 6.45) is 1.79. The molecule has 4 aromatic rings. The van der Waals surface area contributed by atoms with Gasteiger partial charge in [0.25, 0.3) is 5.91 Å². The second kappa shape index (κ2) is 9.30. The smallest absolute Gasteiger partial charge is 0.257 e. The van der Waals surface area contributed by atoms with Crippen molar-refractivity contribution in [3.63, 3.8) is 0 Å². The van der Waals surface area contributed by atoms with Gasteiger partial charge in [-0.05, 0) is 41.6 Å². The minimum Gasteiger partial charge on any atom is -0.335 e. The molecule has 0 unspecified atom stereocenters. The molecular formula is C24H24N4O3S2. The molecule has 0 aliphatic heterocycles. The number of hydrogen-bond donors (Lipinski definition) is 1. The number of thiophene rings is 1. The number of hydrogen-bond acceptors (Lipinski definition) is 5. The fraction of sp³-hybridized carbons (Fsp3) is 0.167. The molecule has 2 aromatic carbocycles. The molecule has 170 valence electrons. The summed E-state index contributed by atoms with van der Waals surface area (Å²) in [6, 6.07) is 19.8. The Morgan fingerprint density at radius 1 is 1.09 bits per heavy atom. The molecule has 0 aliphatic rings. The highest BCUT2D eigenvalue weighted by atomic mass is 32.2. The van der Waals surface area contributed by atoms with Crippen molar-refractivity contribution in [1.29, 1.82) is 0 Å². The van der Waals surface area contributed by atoms with Gasteiger partial charge in [0.1, 0.15) is 5.69 Å². The van der Waals surface area contributed by atoms with Crippen LogP contribution in [0.5, 0.6) is 0 Å². The van der Waals surface area contributed by atoms with Crippen molar-refractivity contribution in [3.8, 4) is 10.6 Å². The van der Waals surface area contributed by atoms with E-state index < -0.39 is 10.0 Å². The van der Waals surface area contributed by atoms with E-state index >= 15 is 0 Å². The number of rotatable bonds is 7. The number of nitrogens with two attached hydrogens (primary N) is 1. The second-order valence-corrected chi connectivity index (χ2v) is 10.3. The number of carbonyl (C=O) groups excluding carboxylic acids is 1. The van der Waals surface area contributed by atoms with Crippen LogP contribution in [0, 0.1) is 0 Å². The van der Waals surface area contributed by atoms with Crippen LogP contribution in [-0.4, -0.2) is 36.1 Å². The Morgan fingerprint density at radius 3 is 2.39 bits per heavy atom. The number of carbonyl (C=O) groups is 1. The van der Waals surface area contributed by atoms with Crippen molar-refractivity contribution in [2.45, 2.75) is 24.4 Å². The van der Waals surface area contributed by atoms with Crippen LogP contribution in [0.25, 0.3) is 10.6 Å². The molecular weight excluding hydrogens is 456 g/mol. The Balaban J connectivity index is 1.63. The highest BCUT2D eigenvalue weighted by Crippen LogP contribution is 2.30. The molecule has 0 fully saturated rings. The number of nitrogens with zero attached hydrogens (tertiary/aromatic N) is 3. The molecule has 0 aliphatic carbocycles. The predicted octanol–water partition coefficient (Wildman–Crippen LogP) is 4.14. The number of primary sulfonamides is 1. The minimum atomic E-state index is -3.77. The fourth-order valence-electron chi connectivity index (χ4n) is 3.55. The molecule has 2 heterocycles. The van der Waals surface area contributed by atoms with E-state index in [1.165, 1.54) is 23.5 Å². The summed E-state index contributed by atoms with van der Waals surface area (Å²) >= 11 is 1.53. The third-order valence-electron chi connectivity index (χ3n) is 5.53. The van der Waals surface area contributed by atoms with E-state index in [4.69, 9.17) is 10.2 Å². The molecule has 7 nitrogen and oxygen atoms in total. The quantitative estimate of drug-likeness (QED) is 0.430.